The van der Waals surface area contributed by atoms with Gasteiger partial charge in [0.15, 0.2) is 0 Å². The molecule has 0 aliphatic carbocycles. The van der Waals surface area contributed by atoms with Crippen molar-refractivity contribution in [1.29, 1.82) is 5.26 Å². The van der Waals surface area contributed by atoms with Crippen molar-refractivity contribution in [3.05, 3.63) is 49.0 Å². The molecule has 0 bridgehead atoms. The minimum Gasteiger partial charge on any atom is -0.379 e. The molecule has 0 radical (unpaired) electrons. The molecule has 0 amide bonds. The van der Waals surface area contributed by atoms with Crippen molar-refractivity contribution in [3.63, 3.8) is 0 Å². The van der Waals surface area contributed by atoms with Crippen molar-refractivity contribution in [2.75, 3.05) is 5.32 Å². The first-order valence-electron chi connectivity index (χ1n) is 4.87. The Morgan fingerprint density at radius 1 is 1.24 bits per heavy atom. The van der Waals surface area contributed by atoms with Crippen LogP contribution in [0.25, 0.3) is 0 Å². The Morgan fingerprint density at radius 3 is 2.76 bits per heavy atom. The van der Waals surface area contributed by atoms with Gasteiger partial charge in [-0.05, 0) is 46.3 Å². The molecule has 2 rings (SSSR count). The average molecular weight is 372 g/mol. The highest BCUT2D eigenvalue weighted by Crippen LogP contribution is 2.27. The molecule has 17 heavy (non-hydrogen) atoms. The van der Waals surface area contributed by atoms with E-state index >= 15 is 0 Å². The summed E-state index contributed by atoms with van der Waals surface area (Å²) in [5.74, 6) is 0. The molecule has 1 N–H and O–H groups in total. The molecular weight excluding hydrogens is 364 g/mol. The predicted molar refractivity (Wildman–Crippen MR) is 78.2 cm³/mol. The van der Waals surface area contributed by atoms with Crippen molar-refractivity contribution in [3.8, 4) is 6.07 Å². The number of nitrogens with zero attached hydrogens (tertiary/aromatic N) is 1. The van der Waals surface area contributed by atoms with Gasteiger partial charge in [0, 0.05) is 26.1 Å². The number of hydrogen-bond acceptors (Lipinski definition) is 3. The summed E-state index contributed by atoms with van der Waals surface area (Å²) in [4.78, 5) is 1.89. The highest BCUT2D eigenvalue weighted by atomic mass is 79.9. The topological polar surface area (TPSA) is 35.8 Å². The summed E-state index contributed by atoms with van der Waals surface area (Å²) in [5.41, 5.74) is 1.03. The molecule has 1 aromatic carbocycles. The first-order chi connectivity index (χ1) is 8.19. The monoisotopic (exact) mass is 370 g/mol. The summed E-state index contributed by atoms with van der Waals surface area (Å²) in [6, 6.07) is 11.9. The van der Waals surface area contributed by atoms with Crippen molar-refractivity contribution in [2.24, 2.45) is 0 Å². The largest absolute Gasteiger partial charge is 0.379 e. The molecule has 0 aliphatic rings. The number of nitriles is 1. The highest BCUT2D eigenvalue weighted by molar-refractivity contribution is 9.11. The molecule has 2 aromatic rings. The van der Waals surface area contributed by atoms with Crippen LogP contribution in [0.4, 0.5) is 5.69 Å². The SMILES string of the molecule is N#Cc1ccc(CNc2cc(Br)ccc2Br)s1. The van der Waals surface area contributed by atoms with Gasteiger partial charge in [0.25, 0.3) is 0 Å². The van der Waals surface area contributed by atoms with Crippen molar-refractivity contribution >= 4 is 48.9 Å². The molecule has 2 nitrogen and oxygen atoms in total. The van der Waals surface area contributed by atoms with E-state index in [-0.39, 0.29) is 0 Å². The van der Waals surface area contributed by atoms with Gasteiger partial charge >= 0.3 is 0 Å². The van der Waals surface area contributed by atoms with E-state index in [4.69, 9.17) is 5.26 Å². The Hall–Kier alpha value is -0.830. The van der Waals surface area contributed by atoms with E-state index in [1.807, 2.05) is 30.3 Å². The third-order valence-electron chi connectivity index (χ3n) is 2.15. The Bertz CT molecular complexity index is 572. The van der Waals surface area contributed by atoms with Crippen LogP contribution >= 0.6 is 43.2 Å². The van der Waals surface area contributed by atoms with Crippen LogP contribution in [-0.4, -0.2) is 0 Å². The normalized spacial score (nSPS) is 9.94. The zero-order valence-electron chi connectivity index (χ0n) is 8.71. The molecular formula is C12H8Br2N2S. The molecule has 0 unspecified atom stereocenters. The Morgan fingerprint density at radius 2 is 2.06 bits per heavy atom. The van der Waals surface area contributed by atoms with Crippen molar-refractivity contribution in [1.82, 2.24) is 0 Å². The minimum absolute atomic E-state index is 0.724. The Balaban J connectivity index is 2.07. The number of halogens is 2. The van der Waals surface area contributed by atoms with Gasteiger partial charge < -0.3 is 5.32 Å². The molecule has 0 saturated carbocycles. The number of hydrogen-bond donors (Lipinski definition) is 1. The van der Waals surface area contributed by atoms with Crippen LogP contribution in [0.2, 0.25) is 0 Å². The van der Waals surface area contributed by atoms with E-state index in [1.165, 1.54) is 11.3 Å². The molecule has 0 atom stereocenters. The van der Waals surface area contributed by atoms with Gasteiger partial charge in [-0.15, -0.1) is 11.3 Å². The Kier molecular flexibility index (Phi) is 4.21. The first-order valence-corrected chi connectivity index (χ1v) is 7.27. The lowest BCUT2D eigenvalue weighted by Crippen LogP contribution is -1.97. The smallest absolute Gasteiger partial charge is 0.110 e. The lowest BCUT2D eigenvalue weighted by atomic mass is 10.3. The van der Waals surface area contributed by atoms with E-state index in [9.17, 15) is 0 Å². The van der Waals surface area contributed by atoms with Crippen molar-refractivity contribution < 1.29 is 0 Å². The fourth-order valence-electron chi connectivity index (χ4n) is 1.35. The maximum absolute atomic E-state index is 8.74. The van der Waals surface area contributed by atoms with Gasteiger partial charge in [-0.1, -0.05) is 15.9 Å². The van der Waals surface area contributed by atoms with Gasteiger partial charge in [0.05, 0.1) is 0 Å². The lowest BCUT2D eigenvalue weighted by molar-refractivity contribution is 1.19. The zero-order chi connectivity index (χ0) is 12.3. The third-order valence-corrected chi connectivity index (χ3v) is 4.33. The van der Waals surface area contributed by atoms with Gasteiger partial charge in [-0.25, -0.2) is 0 Å². The predicted octanol–water partition coefficient (Wildman–Crippen LogP) is 4.76. The second kappa shape index (κ2) is 5.67. The van der Waals surface area contributed by atoms with Crippen molar-refractivity contribution in [2.45, 2.75) is 6.54 Å². The van der Waals surface area contributed by atoms with Crippen LogP contribution in [0.5, 0.6) is 0 Å². The highest BCUT2D eigenvalue weighted by Gasteiger charge is 2.02. The molecule has 0 spiro atoms. The summed E-state index contributed by atoms with van der Waals surface area (Å²) in [6.07, 6.45) is 0. The van der Waals surface area contributed by atoms with Crippen LogP contribution in [0.15, 0.2) is 39.3 Å². The number of anilines is 1. The molecule has 1 heterocycles. The maximum atomic E-state index is 8.74. The summed E-state index contributed by atoms with van der Waals surface area (Å²) < 4.78 is 2.06. The number of rotatable bonds is 3. The second-order valence-electron chi connectivity index (χ2n) is 3.36. The third kappa shape index (κ3) is 3.32. The van der Waals surface area contributed by atoms with E-state index < -0.39 is 0 Å². The van der Waals surface area contributed by atoms with Crippen LogP contribution in [0, 0.1) is 11.3 Å². The number of nitrogens with one attached hydrogen (secondary N) is 1. The molecule has 86 valence electrons. The van der Waals surface area contributed by atoms with Gasteiger partial charge in [-0.2, -0.15) is 5.26 Å². The summed E-state index contributed by atoms with van der Waals surface area (Å²) >= 11 is 8.44. The first kappa shape index (κ1) is 12.6. The Labute approximate surface area is 121 Å². The molecule has 5 heteroatoms. The van der Waals surface area contributed by atoms with Gasteiger partial charge in [0.1, 0.15) is 10.9 Å². The van der Waals surface area contributed by atoms with Crippen LogP contribution < -0.4 is 5.32 Å². The second-order valence-corrected chi connectivity index (χ2v) is 6.29. The quantitative estimate of drug-likeness (QED) is 0.844. The van der Waals surface area contributed by atoms with E-state index in [1.54, 1.807) is 0 Å². The molecule has 0 saturated heterocycles. The summed E-state index contributed by atoms with van der Waals surface area (Å²) in [7, 11) is 0. The molecule has 1 aromatic heterocycles. The van der Waals surface area contributed by atoms with Crippen LogP contribution in [0.3, 0.4) is 0 Å². The lowest BCUT2D eigenvalue weighted by Gasteiger charge is -2.07. The van der Waals surface area contributed by atoms with E-state index in [0.29, 0.717) is 0 Å². The molecule has 0 aliphatic heterocycles. The fraction of sp³-hybridized carbons (Fsp3) is 0.0833. The summed E-state index contributed by atoms with van der Waals surface area (Å²) in [5, 5.41) is 12.1. The van der Waals surface area contributed by atoms with E-state index in [0.717, 1.165) is 30.9 Å². The number of thiophene rings is 1. The van der Waals surface area contributed by atoms with E-state index in [2.05, 4.69) is 43.2 Å². The molecule has 0 fully saturated rings. The van der Waals surface area contributed by atoms with Crippen LogP contribution in [0.1, 0.15) is 9.75 Å². The van der Waals surface area contributed by atoms with Crippen LogP contribution in [-0.2, 0) is 6.54 Å². The average Bonchev–Trinajstić information content (AvgIpc) is 2.78. The minimum atomic E-state index is 0.724. The standard InChI is InChI=1S/C12H8Br2N2S/c13-8-1-4-11(14)12(5-8)16-7-10-3-2-9(6-15)17-10/h1-5,16H,7H2. The maximum Gasteiger partial charge on any atom is 0.110 e. The number of benzene rings is 1. The fourth-order valence-corrected chi connectivity index (χ4v) is 2.84. The summed E-state index contributed by atoms with van der Waals surface area (Å²) in [6.45, 7) is 0.724. The van der Waals surface area contributed by atoms with Gasteiger partial charge in [0.2, 0.25) is 0 Å². The van der Waals surface area contributed by atoms with Gasteiger partial charge in [-0.3, -0.25) is 0 Å². The zero-order valence-corrected chi connectivity index (χ0v) is 12.7.